The van der Waals surface area contributed by atoms with Gasteiger partial charge in [-0.05, 0) is 42.0 Å². The van der Waals surface area contributed by atoms with Gasteiger partial charge in [0.15, 0.2) is 0 Å². The fourth-order valence-corrected chi connectivity index (χ4v) is 3.82. The smallest absolute Gasteiger partial charge is 0.0885 e. The van der Waals surface area contributed by atoms with Crippen LogP contribution in [0.2, 0.25) is 0 Å². The van der Waals surface area contributed by atoms with Gasteiger partial charge in [0, 0.05) is 13.8 Å². The molecule has 0 saturated heterocycles. The average Bonchev–Trinajstić information content (AvgIpc) is 2.81. The summed E-state index contributed by atoms with van der Waals surface area (Å²) >= 11 is 8.68. The van der Waals surface area contributed by atoms with Crippen LogP contribution >= 0.6 is 43.2 Å². The normalized spacial score (nSPS) is 12.6. The number of halogens is 2. The summed E-state index contributed by atoms with van der Waals surface area (Å²) < 4.78 is 2.18. The molecule has 90 valence electrons. The van der Waals surface area contributed by atoms with Crippen molar-refractivity contribution < 1.29 is 5.11 Å². The molecular formula is C13H12Br2OS. The summed E-state index contributed by atoms with van der Waals surface area (Å²) in [7, 11) is 0. The van der Waals surface area contributed by atoms with Crippen molar-refractivity contribution in [3.63, 3.8) is 0 Å². The zero-order valence-corrected chi connectivity index (χ0v) is 13.1. The molecule has 2 rings (SSSR count). The lowest BCUT2D eigenvalue weighted by Crippen LogP contribution is -1.98. The molecule has 1 aromatic carbocycles. The molecule has 2 aromatic rings. The second kappa shape index (κ2) is 6.14. The Morgan fingerprint density at radius 2 is 1.82 bits per heavy atom. The van der Waals surface area contributed by atoms with Crippen molar-refractivity contribution in [1.82, 2.24) is 0 Å². The first-order valence-corrected chi connectivity index (χ1v) is 7.79. The van der Waals surface area contributed by atoms with Crippen molar-refractivity contribution in [2.45, 2.75) is 18.9 Å². The number of rotatable bonds is 4. The Labute approximate surface area is 122 Å². The molecule has 0 spiro atoms. The molecule has 0 radical (unpaired) electrons. The lowest BCUT2D eigenvalue weighted by Gasteiger charge is -2.11. The van der Waals surface area contributed by atoms with E-state index in [0.717, 1.165) is 26.7 Å². The maximum absolute atomic E-state index is 10.0. The van der Waals surface area contributed by atoms with E-state index in [1.807, 2.05) is 35.7 Å². The van der Waals surface area contributed by atoms with Crippen LogP contribution in [0.15, 0.2) is 44.7 Å². The molecule has 0 aliphatic carbocycles. The van der Waals surface area contributed by atoms with Crippen molar-refractivity contribution in [3.05, 3.63) is 55.1 Å². The number of aliphatic hydroxyl groups is 1. The summed E-state index contributed by atoms with van der Waals surface area (Å²) in [4.78, 5) is 1.04. The van der Waals surface area contributed by atoms with Crippen molar-refractivity contribution in [3.8, 4) is 0 Å². The highest BCUT2D eigenvalue weighted by atomic mass is 79.9. The zero-order valence-electron chi connectivity index (χ0n) is 9.07. The first kappa shape index (κ1) is 13.3. The highest BCUT2D eigenvalue weighted by Gasteiger charge is 2.11. The predicted octanol–water partition coefficient (Wildman–Crippen LogP) is 4.94. The molecule has 1 unspecified atom stereocenters. The topological polar surface area (TPSA) is 20.2 Å². The van der Waals surface area contributed by atoms with E-state index in [9.17, 15) is 5.11 Å². The van der Waals surface area contributed by atoms with Crippen molar-refractivity contribution in [2.75, 3.05) is 0 Å². The van der Waals surface area contributed by atoms with Gasteiger partial charge in [0.25, 0.3) is 0 Å². The van der Waals surface area contributed by atoms with Gasteiger partial charge in [-0.3, -0.25) is 0 Å². The molecule has 0 aliphatic rings. The Kier molecular flexibility index (Phi) is 4.79. The standard InChI is InChI=1S/C13H12Br2OS/c14-10-3-1-4-11(15)9(10)6-7-12(16)13-5-2-8-17-13/h1-5,8,12,16H,6-7H2. The van der Waals surface area contributed by atoms with Gasteiger partial charge in [-0.15, -0.1) is 11.3 Å². The summed E-state index contributed by atoms with van der Waals surface area (Å²) in [5.74, 6) is 0. The summed E-state index contributed by atoms with van der Waals surface area (Å²) in [5, 5.41) is 12.0. The van der Waals surface area contributed by atoms with Crippen LogP contribution in [0, 0.1) is 0 Å². The summed E-state index contributed by atoms with van der Waals surface area (Å²) in [6.45, 7) is 0. The second-order valence-electron chi connectivity index (χ2n) is 3.77. The monoisotopic (exact) mass is 374 g/mol. The minimum absolute atomic E-state index is 0.367. The van der Waals surface area contributed by atoms with E-state index in [1.54, 1.807) is 11.3 Å². The third kappa shape index (κ3) is 3.41. The minimum atomic E-state index is -0.367. The van der Waals surface area contributed by atoms with Gasteiger partial charge in [0.1, 0.15) is 0 Å². The van der Waals surface area contributed by atoms with Gasteiger partial charge >= 0.3 is 0 Å². The third-order valence-corrected chi connectivity index (χ3v) is 5.06. The SMILES string of the molecule is OC(CCc1c(Br)cccc1Br)c1cccs1. The number of hydrogen-bond acceptors (Lipinski definition) is 2. The van der Waals surface area contributed by atoms with Crippen molar-refractivity contribution in [1.29, 1.82) is 0 Å². The first-order chi connectivity index (χ1) is 8.18. The van der Waals surface area contributed by atoms with E-state index in [-0.39, 0.29) is 6.10 Å². The van der Waals surface area contributed by atoms with Crippen LogP contribution in [0.1, 0.15) is 23.0 Å². The predicted molar refractivity (Wildman–Crippen MR) is 79.4 cm³/mol. The molecule has 1 atom stereocenters. The number of aliphatic hydroxyl groups excluding tert-OH is 1. The summed E-state index contributed by atoms with van der Waals surface area (Å²) in [5.41, 5.74) is 1.21. The molecule has 0 bridgehead atoms. The van der Waals surface area contributed by atoms with Gasteiger partial charge in [0.05, 0.1) is 6.10 Å². The van der Waals surface area contributed by atoms with Crippen LogP contribution < -0.4 is 0 Å². The van der Waals surface area contributed by atoms with Crippen LogP contribution in [-0.4, -0.2) is 5.11 Å². The van der Waals surface area contributed by atoms with Crippen molar-refractivity contribution >= 4 is 43.2 Å². The fourth-order valence-electron chi connectivity index (χ4n) is 1.68. The van der Waals surface area contributed by atoms with E-state index >= 15 is 0 Å². The van der Waals surface area contributed by atoms with E-state index < -0.39 is 0 Å². The maximum atomic E-state index is 10.0. The van der Waals surface area contributed by atoms with Gasteiger partial charge in [-0.2, -0.15) is 0 Å². The number of benzene rings is 1. The van der Waals surface area contributed by atoms with Gasteiger partial charge < -0.3 is 5.11 Å². The second-order valence-corrected chi connectivity index (χ2v) is 6.46. The molecule has 17 heavy (non-hydrogen) atoms. The highest BCUT2D eigenvalue weighted by molar-refractivity contribution is 9.11. The lowest BCUT2D eigenvalue weighted by molar-refractivity contribution is 0.171. The quantitative estimate of drug-likeness (QED) is 0.802. The Bertz CT molecular complexity index is 462. The Morgan fingerprint density at radius 3 is 2.41 bits per heavy atom. The molecule has 0 aliphatic heterocycles. The number of hydrogen-bond donors (Lipinski definition) is 1. The van der Waals surface area contributed by atoms with Gasteiger partial charge in [-0.25, -0.2) is 0 Å². The van der Waals surface area contributed by atoms with E-state index in [2.05, 4.69) is 31.9 Å². The third-order valence-electron chi connectivity index (χ3n) is 2.60. The average molecular weight is 376 g/mol. The summed E-state index contributed by atoms with van der Waals surface area (Å²) in [6.07, 6.45) is 1.22. The molecule has 1 nitrogen and oxygen atoms in total. The molecule has 0 fully saturated rings. The van der Waals surface area contributed by atoms with E-state index in [4.69, 9.17) is 0 Å². The Morgan fingerprint density at radius 1 is 1.12 bits per heavy atom. The van der Waals surface area contributed by atoms with Crippen LogP contribution in [-0.2, 0) is 6.42 Å². The summed E-state index contributed by atoms with van der Waals surface area (Å²) in [6, 6.07) is 9.99. The fraction of sp³-hybridized carbons (Fsp3) is 0.231. The molecule has 4 heteroatoms. The molecule has 1 heterocycles. The first-order valence-electron chi connectivity index (χ1n) is 5.33. The molecule has 0 amide bonds. The molecule has 0 saturated carbocycles. The maximum Gasteiger partial charge on any atom is 0.0885 e. The lowest BCUT2D eigenvalue weighted by atomic mass is 10.1. The van der Waals surface area contributed by atoms with Crippen LogP contribution in [0.25, 0.3) is 0 Å². The zero-order chi connectivity index (χ0) is 12.3. The van der Waals surface area contributed by atoms with Crippen molar-refractivity contribution in [2.24, 2.45) is 0 Å². The molecular weight excluding hydrogens is 364 g/mol. The van der Waals surface area contributed by atoms with Gasteiger partial charge in [0.2, 0.25) is 0 Å². The van der Waals surface area contributed by atoms with E-state index in [1.165, 1.54) is 5.56 Å². The van der Waals surface area contributed by atoms with Crippen LogP contribution in [0.3, 0.4) is 0 Å². The molecule has 1 N–H and O–H groups in total. The highest BCUT2D eigenvalue weighted by Crippen LogP contribution is 2.29. The van der Waals surface area contributed by atoms with Crippen LogP contribution in [0.4, 0.5) is 0 Å². The Hall–Kier alpha value is -0.160. The minimum Gasteiger partial charge on any atom is -0.388 e. The molecule has 1 aromatic heterocycles. The Balaban J connectivity index is 2.03. The van der Waals surface area contributed by atoms with Crippen LogP contribution in [0.5, 0.6) is 0 Å². The van der Waals surface area contributed by atoms with Gasteiger partial charge in [-0.1, -0.05) is 44.0 Å². The number of thiophene rings is 1. The van der Waals surface area contributed by atoms with E-state index in [0.29, 0.717) is 0 Å². The largest absolute Gasteiger partial charge is 0.388 e.